The van der Waals surface area contributed by atoms with Crippen LogP contribution in [-0.4, -0.2) is 41.2 Å². The zero-order valence-electron chi connectivity index (χ0n) is 13.7. The second kappa shape index (κ2) is 7.64. The van der Waals surface area contributed by atoms with E-state index in [1.165, 1.54) is 6.07 Å². The number of ether oxygens (including phenoxy) is 1. The predicted octanol–water partition coefficient (Wildman–Crippen LogP) is 2.89. The van der Waals surface area contributed by atoms with E-state index in [0.717, 1.165) is 0 Å². The van der Waals surface area contributed by atoms with E-state index in [1.54, 1.807) is 30.9 Å². The summed E-state index contributed by atoms with van der Waals surface area (Å²) in [5.74, 6) is 0. The number of nitrogens with one attached hydrogen (secondary N) is 1. The van der Waals surface area contributed by atoms with Crippen LogP contribution < -0.4 is 5.32 Å². The zero-order valence-corrected chi connectivity index (χ0v) is 13.7. The molecule has 0 spiro atoms. The summed E-state index contributed by atoms with van der Waals surface area (Å²) in [6.07, 6.45) is 0.858. The first-order valence-corrected chi connectivity index (χ1v) is 7.81. The van der Waals surface area contributed by atoms with Crippen LogP contribution in [0, 0.1) is 21.4 Å². The van der Waals surface area contributed by atoms with Gasteiger partial charge in [-0.2, -0.15) is 5.26 Å². The molecule has 1 N–H and O–H groups in total. The smallest absolute Gasteiger partial charge is 0.410 e. The second-order valence-corrected chi connectivity index (χ2v) is 5.94. The summed E-state index contributed by atoms with van der Waals surface area (Å²) in [4.78, 5) is 24.2. The number of anilines is 1. The Morgan fingerprint density at radius 1 is 1.46 bits per heavy atom. The highest BCUT2D eigenvalue weighted by Gasteiger charge is 2.26. The summed E-state index contributed by atoms with van der Waals surface area (Å²) < 4.78 is 5.17. The van der Waals surface area contributed by atoms with Crippen molar-refractivity contribution in [3.05, 3.63) is 33.9 Å². The molecule has 0 atom stereocenters. The number of hydrogen-bond donors (Lipinski definition) is 1. The summed E-state index contributed by atoms with van der Waals surface area (Å²) >= 11 is 0. The number of hydrogen-bond acceptors (Lipinski definition) is 6. The molecule has 0 unspecified atom stereocenters. The van der Waals surface area contributed by atoms with E-state index in [2.05, 4.69) is 5.32 Å². The minimum atomic E-state index is -0.502. The molecule has 1 saturated heterocycles. The Balaban J connectivity index is 1.98. The fourth-order valence-electron chi connectivity index (χ4n) is 2.58. The van der Waals surface area contributed by atoms with E-state index >= 15 is 0 Å². The third-order valence-electron chi connectivity index (χ3n) is 3.77. The van der Waals surface area contributed by atoms with Crippen molar-refractivity contribution in [3.63, 3.8) is 0 Å². The maximum atomic E-state index is 11.9. The molecule has 0 aromatic heterocycles. The number of nitrogens with zero attached hydrogens (tertiary/aromatic N) is 3. The van der Waals surface area contributed by atoms with E-state index < -0.39 is 4.92 Å². The first-order chi connectivity index (χ1) is 11.4. The Morgan fingerprint density at radius 3 is 2.67 bits per heavy atom. The average Bonchev–Trinajstić information content (AvgIpc) is 2.55. The zero-order chi connectivity index (χ0) is 17.7. The van der Waals surface area contributed by atoms with Crippen LogP contribution in [0.25, 0.3) is 0 Å². The topological polar surface area (TPSA) is 108 Å². The summed E-state index contributed by atoms with van der Waals surface area (Å²) in [5, 5.41) is 23.2. The van der Waals surface area contributed by atoms with E-state index in [9.17, 15) is 14.9 Å². The fourth-order valence-corrected chi connectivity index (χ4v) is 2.58. The molecule has 1 aliphatic heterocycles. The lowest BCUT2D eigenvalue weighted by molar-refractivity contribution is -0.384. The van der Waals surface area contributed by atoms with Crippen molar-refractivity contribution in [2.24, 2.45) is 0 Å². The second-order valence-electron chi connectivity index (χ2n) is 5.94. The molecule has 0 saturated carbocycles. The Morgan fingerprint density at radius 2 is 2.12 bits per heavy atom. The van der Waals surface area contributed by atoms with Crippen LogP contribution in [0.2, 0.25) is 0 Å². The van der Waals surface area contributed by atoms with Crippen LogP contribution in [0.5, 0.6) is 0 Å². The number of carbonyl (C=O) groups is 1. The highest BCUT2D eigenvalue weighted by Crippen LogP contribution is 2.27. The third-order valence-corrected chi connectivity index (χ3v) is 3.77. The van der Waals surface area contributed by atoms with E-state index in [-0.39, 0.29) is 29.5 Å². The van der Waals surface area contributed by atoms with Gasteiger partial charge in [-0.25, -0.2) is 4.79 Å². The fraction of sp³-hybridized carbons (Fsp3) is 0.500. The number of carbonyl (C=O) groups excluding carboxylic acids is 1. The minimum absolute atomic E-state index is 0.0275. The quantitative estimate of drug-likeness (QED) is 0.671. The van der Waals surface area contributed by atoms with Crippen LogP contribution in [0.15, 0.2) is 18.2 Å². The number of amides is 1. The molecular weight excluding hydrogens is 312 g/mol. The van der Waals surface area contributed by atoms with Crippen LogP contribution >= 0.6 is 0 Å². The van der Waals surface area contributed by atoms with E-state index in [4.69, 9.17) is 10.00 Å². The standard InChI is InChI=1S/C16H20N4O4/c1-11(2)24-16(21)19-7-5-13(6-8-19)18-14-4-3-12(10-17)9-15(14)20(22)23/h3-4,9,11,13,18H,5-8H2,1-2H3. The number of rotatable bonds is 4. The molecule has 1 fully saturated rings. The van der Waals surface area contributed by atoms with Gasteiger partial charge in [-0.05, 0) is 38.8 Å². The van der Waals surface area contributed by atoms with Gasteiger partial charge in [0.2, 0.25) is 0 Å². The number of likely N-dealkylation sites (tertiary alicyclic amines) is 1. The first-order valence-electron chi connectivity index (χ1n) is 7.81. The van der Waals surface area contributed by atoms with Gasteiger partial charge in [-0.15, -0.1) is 0 Å². The van der Waals surface area contributed by atoms with Crippen molar-refractivity contribution >= 4 is 17.5 Å². The third kappa shape index (κ3) is 4.35. The summed E-state index contributed by atoms with van der Waals surface area (Å²) in [5.41, 5.74) is 0.524. The summed E-state index contributed by atoms with van der Waals surface area (Å²) in [7, 11) is 0. The molecule has 24 heavy (non-hydrogen) atoms. The normalized spacial score (nSPS) is 15.0. The van der Waals surface area contributed by atoms with Gasteiger partial charge in [0.05, 0.1) is 22.7 Å². The van der Waals surface area contributed by atoms with Gasteiger partial charge in [0.15, 0.2) is 0 Å². The highest BCUT2D eigenvalue weighted by molar-refractivity contribution is 5.68. The SMILES string of the molecule is CC(C)OC(=O)N1CCC(Nc2ccc(C#N)cc2[N+](=O)[O-])CC1. The summed E-state index contributed by atoms with van der Waals surface area (Å²) in [6.45, 7) is 4.67. The molecule has 1 aromatic carbocycles. The Bertz CT molecular complexity index is 661. The van der Waals surface area contributed by atoms with Crippen molar-refractivity contribution in [1.29, 1.82) is 5.26 Å². The Hall–Kier alpha value is -2.82. The van der Waals surface area contributed by atoms with Crippen LogP contribution in [0.1, 0.15) is 32.3 Å². The highest BCUT2D eigenvalue weighted by atomic mass is 16.6. The molecule has 0 aliphatic carbocycles. The van der Waals surface area contributed by atoms with Gasteiger partial charge in [0, 0.05) is 25.2 Å². The van der Waals surface area contributed by atoms with Gasteiger partial charge in [-0.3, -0.25) is 10.1 Å². The minimum Gasteiger partial charge on any atom is -0.447 e. The molecule has 0 radical (unpaired) electrons. The van der Waals surface area contributed by atoms with E-state index in [0.29, 0.717) is 31.6 Å². The van der Waals surface area contributed by atoms with Crippen molar-refractivity contribution in [2.45, 2.75) is 38.8 Å². The van der Waals surface area contributed by atoms with Gasteiger partial charge in [0.25, 0.3) is 5.69 Å². The van der Waals surface area contributed by atoms with Crippen molar-refractivity contribution < 1.29 is 14.5 Å². The number of benzene rings is 1. The van der Waals surface area contributed by atoms with Crippen molar-refractivity contribution in [1.82, 2.24) is 4.90 Å². The molecule has 8 nitrogen and oxygen atoms in total. The molecule has 0 bridgehead atoms. The van der Waals surface area contributed by atoms with Gasteiger partial charge in [0.1, 0.15) is 5.69 Å². The molecule has 1 aliphatic rings. The number of piperidine rings is 1. The molecule has 1 aromatic rings. The van der Waals surface area contributed by atoms with Crippen molar-refractivity contribution in [2.75, 3.05) is 18.4 Å². The predicted molar refractivity (Wildman–Crippen MR) is 87.6 cm³/mol. The van der Waals surface area contributed by atoms with Gasteiger partial charge >= 0.3 is 6.09 Å². The van der Waals surface area contributed by atoms with Gasteiger partial charge < -0.3 is 15.0 Å². The van der Waals surface area contributed by atoms with Crippen LogP contribution in [0.3, 0.4) is 0 Å². The summed E-state index contributed by atoms with van der Waals surface area (Å²) in [6, 6.07) is 6.28. The average molecular weight is 332 g/mol. The number of nitriles is 1. The molecule has 2 rings (SSSR count). The molecular formula is C16H20N4O4. The maximum absolute atomic E-state index is 11.9. The first kappa shape index (κ1) is 17.5. The number of nitro benzene ring substituents is 1. The Kier molecular flexibility index (Phi) is 5.58. The largest absolute Gasteiger partial charge is 0.447 e. The molecule has 1 amide bonds. The molecule has 1 heterocycles. The van der Waals surface area contributed by atoms with Crippen LogP contribution in [-0.2, 0) is 4.74 Å². The lowest BCUT2D eigenvalue weighted by atomic mass is 10.0. The van der Waals surface area contributed by atoms with Crippen LogP contribution in [0.4, 0.5) is 16.2 Å². The van der Waals surface area contributed by atoms with Crippen molar-refractivity contribution in [3.8, 4) is 6.07 Å². The number of nitro groups is 1. The lowest BCUT2D eigenvalue weighted by Gasteiger charge is -2.32. The lowest BCUT2D eigenvalue weighted by Crippen LogP contribution is -2.43. The molecule has 8 heteroatoms. The monoisotopic (exact) mass is 332 g/mol. The van der Waals surface area contributed by atoms with Gasteiger partial charge in [-0.1, -0.05) is 0 Å². The maximum Gasteiger partial charge on any atom is 0.410 e. The Labute approximate surface area is 140 Å². The molecule has 128 valence electrons. The van der Waals surface area contributed by atoms with E-state index in [1.807, 2.05) is 6.07 Å².